The normalized spacial score (nSPS) is 11.9. The molecule has 0 aliphatic carbocycles. The van der Waals surface area contributed by atoms with Crippen molar-refractivity contribution >= 4 is 17.5 Å². The molecule has 2 amide bonds. The van der Waals surface area contributed by atoms with Crippen molar-refractivity contribution in [2.24, 2.45) is 5.92 Å². The minimum atomic E-state index is -0.599. The van der Waals surface area contributed by atoms with Gasteiger partial charge in [-0.1, -0.05) is 51.1 Å². The van der Waals surface area contributed by atoms with E-state index in [2.05, 4.69) is 17.6 Å². The van der Waals surface area contributed by atoms with Crippen LogP contribution < -0.4 is 10.6 Å². The summed E-state index contributed by atoms with van der Waals surface area (Å²) in [6.07, 6.45) is 0.954. The van der Waals surface area contributed by atoms with Crippen LogP contribution in [-0.2, 0) is 11.2 Å². The van der Waals surface area contributed by atoms with Crippen LogP contribution in [0.25, 0.3) is 0 Å². The number of hydrogen-bond acceptors (Lipinski definition) is 2. The van der Waals surface area contributed by atoms with E-state index < -0.39 is 6.04 Å². The number of amides is 2. The predicted molar refractivity (Wildman–Crippen MR) is 102 cm³/mol. The highest BCUT2D eigenvalue weighted by molar-refractivity contribution is 6.01. The molecule has 0 aliphatic heterocycles. The highest BCUT2D eigenvalue weighted by atomic mass is 16.2. The first kappa shape index (κ1) is 18.7. The van der Waals surface area contributed by atoms with E-state index in [1.54, 1.807) is 6.07 Å². The number of hydrogen-bond donors (Lipinski definition) is 2. The minimum absolute atomic E-state index is 0.0251. The van der Waals surface area contributed by atoms with Gasteiger partial charge in [0.05, 0.1) is 0 Å². The van der Waals surface area contributed by atoms with Crippen molar-refractivity contribution in [3.8, 4) is 0 Å². The molecule has 0 fully saturated rings. The van der Waals surface area contributed by atoms with E-state index in [1.807, 2.05) is 63.2 Å². The van der Waals surface area contributed by atoms with Crippen LogP contribution in [0.5, 0.6) is 0 Å². The van der Waals surface area contributed by atoms with Gasteiger partial charge in [0.25, 0.3) is 5.91 Å². The van der Waals surface area contributed by atoms with E-state index >= 15 is 0 Å². The van der Waals surface area contributed by atoms with E-state index in [0.717, 1.165) is 17.7 Å². The Morgan fingerprint density at radius 3 is 2.20 bits per heavy atom. The fraction of sp³-hybridized carbons (Fsp3) is 0.333. The summed E-state index contributed by atoms with van der Waals surface area (Å²) in [4.78, 5) is 25.2. The third-order valence-corrected chi connectivity index (χ3v) is 4.26. The summed E-state index contributed by atoms with van der Waals surface area (Å²) in [5.41, 5.74) is 3.43. The van der Waals surface area contributed by atoms with Gasteiger partial charge in [-0.3, -0.25) is 9.59 Å². The average Bonchev–Trinajstić information content (AvgIpc) is 2.60. The molecular weight excluding hydrogens is 312 g/mol. The predicted octanol–water partition coefficient (Wildman–Crippen LogP) is 3.95. The Morgan fingerprint density at radius 2 is 1.64 bits per heavy atom. The molecule has 2 aromatic rings. The molecule has 0 aliphatic rings. The lowest BCUT2D eigenvalue weighted by atomic mass is 10.0. The molecule has 0 bridgehead atoms. The van der Waals surface area contributed by atoms with Gasteiger partial charge in [0, 0.05) is 11.3 Å². The largest absolute Gasteiger partial charge is 0.340 e. The molecule has 2 aromatic carbocycles. The third-order valence-electron chi connectivity index (χ3n) is 4.26. The molecule has 132 valence electrons. The van der Waals surface area contributed by atoms with Crippen molar-refractivity contribution < 1.29 is 9.59 Å². The number of benzene rings is 2. The molecule has 0 aromatic heterocycles. The zero-order valence-corrected chi connectivity index (χ0v) is 15.3. The summed E-state index contributed by atoms with van der Waals surface area (Å²) in [6.45, 7) is 7.81. The first-order valence-electron chi connectivity index (χ1n) is 8.68. The van der Waals surface area contributed by atoms with Gasteiger partial charge in [0.2, 0.25) is 5.91 Å². The zero-order chi connectivity index (χ0) is 18.4. The zero-order valence-electron chi connectivity index (χ0n) is 15.3. The molecule has 25 heavy (non-hydrogen) atoms. The molecule has 0 heterocycles. The monoisotopic (exact) mass is 338 g/mol. The van der Waals surface area contributed by atoms with Crippen LogP contribution in [0.15, 0.2) is 48.5 Å². The van der Waals surface area contributed by atoms with Crippen molar-refractivity contribution in [2.45, 2.75) is 40.2 Å². The summed E-state index contributed by atoms with van der Waals surface area (Å²) in [6, 6.07) is 14.5. The number of nitrogens with one attached hydrogen (secondary N) is 2. The minimum Gasteiger partial charge on any atom is -0.340 e. The van der Waals surface area contributed by atoms with E-state index in [-0.39, 0.29) is 17.7 Å². The molecule has 2 N–H and O–H groups in total. The molecule has 2 rings (SSSR count). The van der Waals surface area contributed by atoms with E-state index in [1.165, 1.54) is 5.56 Å². The number of carbonyl (C=O) groups excluding carboxylic acids is 2. The smallest absolute Gasteiger partial charge is 0.252 e. The summed E-state index contributed by atoms with van der Waals surface area (Å²) >= 11 is 0. The molecule has 0 saturated heterocycles. The van der Waals surface area contributed by atoms with Gasteiger partial charge in [-0.05, 0) is 48.6 Å². The second kappa shape index (κ2) is 8.47. The maximum Gasteiger partial charge on any atom is 0.252 e. The second-order valence-electron chi connectivity index (χ2n) is 6.55. The Balaban J connectivity index is 2.10. The SMILES string of the molecule is CCc1ccc(NC(=O)C(NC(=O)c2ccccc2C)C(C)C)cc1. The maximum atomic E-state index is 12.6. The highest BCUT2D eigenvalue weighted by Gasteiger charge is 2.25. The van der Waals surface area contributed by atoms with Crippen molar-refractivity contribution in [3.05, 3.63) is 65.2 Å². The maximum absolute atomic E-state index is 12.6. The molecule has 4 heteroatoms. The van der Waals surface area contributed by atoms with Crippen LogP contribution in [0.3, 0.4) is 0 Å². The molecule has 0 saturated carbocycles. The van der Waals surface area contributed by atoms with E-state index in [0.29, 0.717) is 5.56 Å². The van der Waals surface area contributed by atoms with Gasteiger partial charge in [-0.25, -0.2) is 0 Å². The standard InChI is InChI=1S/C21H26N2O2/c1-5-16-10-12-17(13-11-16)22-21(25)19(14(2)3)23-20(24)18-9-7-6-8-15(18)4/h6-14,19H,5H2,1-4H3,(H,22,25)(H,23,24). The van der Waals surface area contributed by atoms with Crippen LogP contribution in [0, 0.1) is 12.8 Å². The van der Waals surface area contributed by atoms with Gasteiger partial charge in [-0.15, -0.1) is 0 Å². The first-order valence-corrected chi connectivity index (χ1v) is 8.68. The lowest BCUT2D eigenvalue weighted by Crippen LogP contribution is -2.47. The first-order chi connectivity index (χ1) is 11.9. The quantitative estimate of drug-likeness (QED) is 0.838. The van der Waals surface area contributed by atoms with Gasteiger partial charge in [-0.2, -0.15) is 0 Å². The number of anilines is 1. The number of rotatable bonds is 6. The van der Waals surface area contributed by atoms with Gasteiger partial charge in [0.15, 0.2) is 0 Å². The third kappa shape index (κ3) is 4.92. The van der Waals surface area contributed by atoms with Crippen molar-refractivity contribution in [3.63, 3.8) is 0 Å². The summed E-state index contributed by atoms with van der Waals surface area (Å²) in [5, 5.41) is 5.76. The van der Waals surface area contributed by atoms with Crippen LogP contribution in [-0.4, -0.2) is 17.9 Å². The number of aryl methyl sites for hydroxylation is 2. The fourth-order valence-electron chi connectivity index (χ4n) is 2.63. The van der Waals surface area contributed by atoms with Crippen LogP contribution >= 0.6 is 0 Å². The van der Waals surface area contributed by atoms with Crippen molar-refractivity contribution in [1.29, 1.82) is 0 Å². The molecule has 1 unspecified atom stereocenters. The summed E-state index contributed by atoms with van der Waals surface area (Å²) in [5.74, 6) is -0.461. The fourth-order valence-corrected chi connectivity index (χ4v) is 2.63. The highest BCUT2D eigenvalue weighted by Crippen LogP contribution is 2.13. The Bertz CT molecular complexity index is 736. The van der Waals surface area contributed by atoms with Crippen molar-refractivity contribution in [2.75, 3.05) is 5.32 Å². The average molecular weight is 338 g/mol. The molecule has 0 spiro atoms. The molecular formula is C21H26N2O2. The second-order valence-corrected chi connectivity index (χ2v) is 6.55. The Labute approximate surface area is 149 Å². The topological polar surface area (TPSA) is 58.2 Å². The van der Waals surface area contributed by atoms with E-state index in [9.17, 15) is 9.59 Å². The van der Waals surface area contributed by atoms with Crippen LogP contribution in [0.1, 0.15) is 42.3 Å². The van der Waals surface area contributed by atoms with Crippen LogP contribution in [0.2, 0.25) is 0 Å². The lowest BCUT2D eigenvalue weighted by molar-refractivity contribution is -0.118. The summed E-state index contributed by atoms with van der Waals surface area (Å²) < 4.78 is 0. The summed E-state index contributed by atoms with van der Waals surface area (Å²) in [7, 11) is 0. The Morgan fingerprint density at radius 1 is 1.00 bits per heavy atom. The van der Waals surface area contributed by atoms with Gasteiger partial charge >= 0.3 is 0 Å². The molecule has 4 nitrogen and oxygen atoms in total. The van der Waals surface area contributed by atoms with Gasteiger partial charge < -0.3 is 10.6 Å². The lowest BCUT2D eigenvalue weighted by Gasteiger charge is -2.22. The van der Waals surface area contributed by atoms with Crippen molar-refractivity contribution in [1.82, 2.24) is 5.32 Å². The van der Waals surface area contributed by atoms with Gasteiger partial charge in [0.1, 0.15) is 6.04 Å². The number of carbonyl (C=O) groups is 2. The molecule has 0 radical (unpaired) electrons. The van der Waals surface area contributed by atoms with E-state index in [4.69, 9.17) is 0 Å². The molecule has 1 atom stereocenters. The Hall–Kier alpha value is -2.62. The van der Waals surface area contributed by atoms with Crippen LogP contribution in [0.4, 0.5) is 5.69 Å². The Kier molecular flexibility index (Phi) is 6.34.